The van der Waals surface area contributed by atoms with Gasteiger partial charge in [-0.1, -0.05) is 0 Å². The van der Waals surface area contributed by atoms with Gasteiger partial charge in [-0.3, -0.25) is 14.7 Å². The number of hydrazone groups is 1. The van der Waals surface area contributed by atoms with Crippen molar-refractivity contribution in [1.82, 2.24) is 15.6 Å². The van der Waals surface area contributed by atoms with Gasteiger partial charge >= 0.3 is 5.97 Å². The van der Waals surface area contributed by atoms with Crippen molar-refractivity contribution in [3.63, 3.8) is 0 Å². The van der Waals surface area contributed by atoms with E-state index in [4.69, 9.17) is 14.2 Å². The van der Waals surface area contributed by atoms with Crippen molar-refractivity contribution >= 4 is 18.1 Å². The number of H-pyrrole nitrogens is 1. The van der Waals surface area contributed by atoms with Gasteiger partial charge in [0.2, 0.25) is 0 Å². The number of aromatic amines is 1. The molecule has 3 aromatic rings. The van der Waals surface area contributed by atoms with E-state index >= 15 is 0 Å². The SMILES string of the molecule is COc1ccc(-c2cc(C(=O)N/N=C/c3ccc(OC(C)=O)c(OC)c3)[nH]n2)cc1. The van der Waals surface area contributed by atoms with Gasteiger partial charge in [-0.25, -0.2) is 5.43 Å². The number of amides is 1. The first-order valence-electron chi connectivity index (χ1n) is 8.90. The Morgan fingerprint density at radius 1 is 1.03 bits per heavy atom. The van der Waals surface area contributed by atoms with Crippen molar-refractivity contribution in [3.8, 4) is 28.5 Å². The normalized spacial score (nSPS) is 10.6. The van der Waals surface area contributed by atoms with Crippen molar-refractivity contribution in [2.45, 2.75) is 6.92 Å². The van der Waals surface area contributed by atoms with Gasteiger partial charge in [0.15, 0.2) is 11.5 Å². The zero-order valence-corrected chi connectivity index (χ0v) is 16.6. The van der Waals surface area contributed by atoms with Gasteiger partial charge < -0.3 is 14.2 Å². The van der Waals surface area contributed by atoms with Crippen LogP contribution in [0.3, 0.4) is 0 Å². The topological polar surface area (TPSA) is 115 Å². The number of benzene rings is 2. The average molecular weight is 408 g/mol. The number of methoxy groups -OCH3 is 2. The number of carbonyl (C=O) groups is 2. The molecule has 2 N–H and O–H groups in total. The molecule has 0 aliphatic heterocycles. The number of rotatable bonds is 7. The smallest absolute Gasteiger partial charge is 0.308 e. The summed E-state index contributed by atoms with van der Waals surface area (Å²) in [7, 11) is 3.06. The molecule has 3 rings (SSSR count). The van der Waals surface area contributed by atoms with E-state index < -0.39 is 11.9 Å². The highest BCUT2D eigenvalue weighted by atomic mass is 16.6. The number of aromatic nitrogens is 2. The summed E-state index contributed by atoms with van der Waals surface area (Å²) >= 11 is 0. The van der Waals surface area contributed by atoms with Crippen molar-refractivity contribution in [3.05, 3.63) is 59.8 Å². The lowest BCUT2D eigenvalue weighted by atomic mass is 10.1. The second-order valence-corrected chi connectivity index (χ2v) is 6.10. The van der Waals surface area contributed by atoms with Gasteiger partial charge in [0.1, 0.15) is 11.4 Å². The highest BCUT2D eigenvalue weighted by Gasteiger charge is 2.11. The third-order valence-electron chi connectivity index (χ3n) is 4.03. The van der Waals surface area contributed by atoms with Gasteiger partial charge in [0.25, 0.3) is 5.91 Å². The van der Waals surface area contributed by atoms with Crippen molar-refractivity contribution in [2.24, 2.45) is 5.10 Å². The first-order chi connectivity index (χ1) is 14.5. The lowest BCUT2D eigenvalue weighted by molar-refractivity contribution is -0.132. The third kappa shape index (κ3) is 5.02. The van der Waals surface area contributed by atoms with Crippen LogP contribution in [0.5, 0.6) is 17.2 Å². The summed E-state index contributed by atoms with van der Waals surface area (Å²) in [6.07, 6.45) is 1.44. The minimum atomic E-state index is -0.449. The summed E-state index contributed by atoms with van der Waals surface area (Å²) in [5.41, 5.74) is 4.80. The predicted molar refractivity (Wildman–Crippen MR) is 110 cm³/mol. The molecule has 2 aromatic carbocycles. The fourth-order valence-corrected chi connectivity index (χ4v) is 2.58. The molecule has 0 radical (unpaired) electrons. The van der Waals surface area contributed by atoms with Crippen LogP contribution in [0.4, 0.5) is 0 Å². The molecule has 0 spiro atoms. The van der Waals surface area contributed by atoms with E-state index in [0.717, 1.165) is 11.3 Å². The summed E-state index contributed by atoms with van der Waals surface area (Å²) in [5.74, 6) is 0.518. The number of carbonyl (C=O) groups excluding carboxylic acids is 2. The molecule has 1 heterocycles. The van der Waals surface area contributed by atoms with Gasteiger partial charge in [-0.15, -0.1) is 0 Å². The fraction of sp³-hybridized carbons (Fsp3) is 0.143. The van der Waals surface area contributed by atoms with E-state index in [1.54, 1.807) is 31.4 Å². The van der Waals surface area contributed by atoms with Crippen LogP contribution >= 0.6 is 0 Å². The second-order valence-electron chi connectivity index (χ2n) is 6.10. The lowest BCUT2D eigenvalue weighted by Crippen LogP contribution is -2.18. The van der Waals surface area contributed by atoms with Crippen molar-refractivity contribution in [1.29, 1.82) is 0 Å². The Balaban J connectivity index is 1.64. The number of ether oxygens (including phenoxy) is 3. The number of hydrogen-bond acceptors (Lipinski definition) is 7. The van der Waals surface area contributed by atoms with Crippen LogP contribution in [0, 0.1) is 0 Å². The Labute approximate surface area is 172 Å². The minimum Gasteiger partial charge on any atom is -0.497 e. The molecule has 0 saturated carbocycles. The van der Waals surface area contributed by atoms with Crippen LogP contribution < -0.4 is 19.6 Å². The fourth-order valence-electron chi connectivity index (χ4n) is 2.58. The molecule has 9 heteroatoms. The number of esters is 1. The summed E-state index contributed by atoms with van der Waals surface area (Å²) < 4.78 is 15.4. The Bertz CT molecular complexity index is 1070. The predicted octanol–water partition coefficient (Wildman–Crippen LogP) is 2.78. The molecule has 0 bridgehead atoms. The maximum Gasteiger partial charge on any atom is 0.308 e. The van der Waals surface area contributed by atoms with Crippen molar-refractivity contribution < 1.29 is 23.8 Å². The quantitative estimate of drug-likeness (QED) is 0.269. The molecule has 0 aliphatic carbocycles. The molecular formula is C21H20N4O5. The highest BCUT2D eigenvalue weighted by Crippen LogP contribution is 2.27. The Morgan fingerprint density at radius 2 is 1.80 bits per heavy atom. The molecule has 9 nitrogen and oxygen atoms in total. The highest BCUT2D eigenvalue weighted by molar-refractivity contribution is 5.94. The van der Waals surface area contributed by atoms with Gasteiger partial charge in [-0.2, -0.15) is 10.2 Å². The summed E-state index contributed by atoms with van der Waals surface area (Å²) in [6, 6.07) is 13.8. The maximum atomic E-state index is 12.3. The monoisotopic (exact) mass is 408 g/mol. The van der Waals surface area contributed by atoms with Crippen LogP contribution in [-0.4, -0.2) is 42.5 Å². The largest absolute Gasteiger partial charge is 0.497 e. The molecule has 0 atom stereocenters. The molecule has 0 unspecified atom stereocenters. The molecule has 0 saturated heterocycles. The third-order valence-corrected chi connectivity index (χ3v) is 4.03. The van der Waals surface area contributed by atoms with Crippen LogP contribution in [-0.2, 0) is 4.79 Å². The Kier molecular flexibility index (Phi) is 6.43. The van der Waals surface area contributed by atoms with E-state index in [0.29, 0.717) is 22.8 Å². The number of hydrogen-bond donors (Lipinski definition) is 2. The van der Waals surface area contributed by atoms with E-state index in [9.17, 15) is 9.59 Å². The van der Waals surface area contributed by atoms with E-state index in [1.807, 2.05) is 24.3 Å². The molecule has 1 aromatic heterocycles. The summed E-state index contributed by atoms with van der Waals surface area (Å²) in [6.45, 7) is 1.31. The van der Waals surface area contributed by atoms with Crippen molar-refractivity contribution in [2.75, 3.05) is 14.2 Å². The molecular weight excluding hydrogens is 388 g/mol. The van der Waals surface area contributed by atoms with Gasteiger partial charge in [-0.05, 0) is 54.1 Å². The summed E-state index contributed by atoms with van der Waals surface area (Å²) in [4.78, 5) is 23.4. The van der Waals surface area contributed by atoms with E-state index in [-0.39, 0.29) is 5.69 Å². The zero-order chi connectivity index (χ0) is 21.5. The lowest BCUT2D eigenvalue weighted by Gasteiger charge is -2.08. The number of nitrogens with one attached hydrogen (secondary N) is 2. The standard InChI is InChI=1S/C21H20N4O5/c1-13(26)30-19-9-4-14(10-20(19)29-3)12-22-25-21(27)18-11-17(23-24-18)15-5-7-16(28-2)8-6-15/h4-12H,1-3H3,(H,23,24)(H,25,27)/b22-12+. The Hall–Kier alpha value is -4.14. The van der Waals surface area contributed by atoms with Crippen LogP contribution in [0.1, 0.15) is 23.0 Å². The van der Waals surface area contributed by atoms with E-state index in [1.165, 1.54) is 20.2 Å². The maximum absolute atomic E-state index is 12.3. The average Bonchev–Trinajstić information content (AvgIpc) is 3.24. The van der Waals surface area contributed by atoms with Crippen LogP contribution in [0.15, 0.2) is 53.6 Å². The van der Waals surface area contributed by atoms with Crippen LogP contribution in [0.25, 0.3) is 11.3 Å². The molecule has 154 valence electrons. The van der Waals surface area contributed by atoms with Crippen LogP contribution in [0.2, 0.25) is 0 Å². The van der Waals surface area contributed by atoms with Gasteiger partial charge in [0.05, 0.1) is 26.1 Å². The first-order valence-corrected chi connectivity index (χ1v) is 8.90. The summed E-state index contributed by atoms with van der Waals surface area (Å²) in [5, 5.41) is 10.8. The minimum absolute atomic E-state index is 0.265. The molecule has 0 aliphatic rings. The Morgan fingerprint density at radius 3 is 2.47 bits per heavy atom. The van der Waals surface area contributed by atoms with E-state index in [2.05, 4.69) is 20.7 Å². The molecule has 0 fully saturated rings. The molecule has 30 heavy (non-hydrogen) atoms. The second kappa shape index (κ2) is 9.37. The first kappa shape index (κ1) is 20.6. The number of nitrogens with zero attached hydrogens (tertiary/aromatic N) is 2. The van der Waals surface area contributed by atoms with Gasteiger partial charge in [0, 0.05) is 12.5 Å². The zero-order valence-electron chi connectivity index (χ0n) is 16.6. The molecule has 1 amide bonds.